The summed E-state index contributed by atoms with van der Waals surface area (Å²) in [7, 11) is 1.63. The lowest BCUT2D eigenvalue weighted by Gasteiger charge is -2.31. The molecule has 1 aromatic heterocycles. The van der Waals surface area contributed by atoms with Crippen molar-refractivity contribution < 1.29 is 23.6 Å². The molecule has 0 spiro atoms. The number of benzene rings is 1. The van der Waals surface area contributed by atoms with Crippen molar-refractivity contribution in [2.45, 2.75) is 64.5 Å². The first-order valence-electron chi connectivity index (χ1n) is 14.9. The molecule has 1 unspecified atom stereocenters. The second-order valence-electron chi connectivity index (χ2n) is 12.5. The van der Waals surface area contributed by atoms with Gasteiger partial charge in [0.25, 0.3) is 0 Å². The minimum atomic E-state index is -0.480. The van der Waals surface area contributed by atoms with Gasteiger partial charge in [-0.3, -0.25) is 4.79 Å². The molecule has 11 heteroatoms. The Morgan fingerprint density at radius 3 is 2.51 bits per heavy atom. The van der Waals surface area contributed by atoms with E-state index in [2.05, 4.69) is 25.3 Å². The second-order valence-corrected chi connectivity index (χ2v) is 12.5. The van der Waals surface area contributed by atoms with Crippen LogP contribution in [0.3, 0.4) is 0 Å². The molecule has 3 saturated heterocycles. The molecule has 11 nitrogen and oxygen atoms in total. The molecule has 1 N–H and O–H groups in total. The van der Waals surface area contributed by atoms with Gasteiger partial charge in [0.05, 0.1) is 7.11 Å². The Balaban J connectivity index is 1.02. The quantitative estimate of drug-likeness (QED) is 0.508. The van der Waals surface area contributed by atoms with Gasteiger partial charge in [0.15, 0.2) is 0 Å². The van der Waals surface area contributed by atoms with Crippen molar-refractivity contribution in [2.75, 3.05) is 57.8 Å². The van der Waals surface area contributed by atoms with Crippen molar-refractivity contribution in [3.8, 4) is 17.1 Å². The maximum Gasteiger partial charge on any atom is 0.410 e. The molecule has 41 heavy (non-hydrogen) atoms. The average Bonchev–Trinajstić information content (AvgIpc) is 3.73. The molecule has 3 fully saturated rings. The third kappa shape index (κ3) is 7.49. The van der Waals surface area contributed by atoms with E-state index in [4.69, 9.17) is 14.0 Å². The van der Waals surface area contributed by atoms with Crippen LogP contribution in [-0.4, -0.2) is 96.5 Å². The first-order chi connectivity index (χ1) is 19.7. The van der Waals surface area contributed by atoms with E-state index in [0.29, 0.717) is 37.4 Å². The molecule has 4 heterocycles. The molecule has 0 aliphatic carbocycles. The van der Waals surface area contributed by atoms with E-state index in [1.54, 1.807) is 7.11 Å². The SMILES string of the molecule is COc1ccc(-c2noc(N3CCC(C(=O)NCC4CCN(C[C@@H]5CCCN5C(=O)OC(C)(C)C)C4)CC3)n2)cc1. The molecule has 0 saturated carbocycles. The van der Waals surface area contributed by atoms with Crippen LogP contribution >= 0.6 is 0 Å². The lowest BCUT2D eigenvalue weighted by Crippen LogP contribution is -2.45. The number of piperidine rings is 1. The van der Waals surface area contributed by atoms with Crippen LogP contribution in [0.4, 0.5) is 10.8 Å². The van der Waals surface area contributed by atoms with E-state index in [1.807, 2.05) is 49.9 Å². The van der Waals surface area contributed by atoms with Gasteiger partial charge in [0.2, 0.25) is 11.7 Å². The number of ether oxygens (including phenoxy) is 2. The molecule has 3 aliphatic rings. The summed E-state index contributed by atoms with van der Waals surface area (Å²) in [5.74, 6) is 1.88. The number of carbonyl (C=O) groups is 2. The average molecular weight is 569 g/mol. The van der Waals surface area contributed by atoms with Crippen LogP contribution in [0, 0.1) is 11.8 Å². The van der Waals surface area contributed by atoms with Crippen molar-refractivity contribution in [2.24, 2.45) is 11.8 Å². The number of hydrogen-bond donors (Lipinski definition) is 1. The number of amides is 2. The van der Waals surface area contributed by atoms with E-state index >= 15 is 0 Å². The third-order valence-corrected chi connectivity index (χ3v) is 8.31. The van der Waals surface area contributed by atoms with Gasteiger partial charge in [0.1, 0.15) is 11.4 Å². The van der Waals surface area contributed by atoms with Crippen LogP contribution in [-0.2, 0) is 9.53 Å². The summed E-state index contributed by atoms with van der Waals surface area (Å²) in [5.41, 5.74) is 0.385. The largest absolute Gasteiger partial charge is 0.497 e. The lowest BCUT2D eigenvalue weighted by molar-refractivity contribution is -0.125. The fraction of sp³-hybridized carbons (Fsp3) is 0.667. The van der Waals surface area contributed by atoms with Crippen LogP contribution in [0.15, 0.2) is 28.8 Å². The summed E-state index contributed by atoms with van der Waals surface area (Å²) in [6.45, 7) is 11.4. The Kier molecular flexibility index (Phi) is 9.01. The van der Waals surface area contributed by atoms with E-state index in [9.17, 15) is 9.59 Å². The van der Waals surface area contributed by atoms with Gasteiger partial charge in [-0.25, -0.2) is 4.79 Å². The monoisotopic (exact) mass is 568 g/mol. The molecule has 5 rings (SSSR count). The number of methoxy groups -OCH3 is 1. The fourth-order valence-electron chi connectivity index (χ4n) is 6.05. The minimum absolute atomic E-state index is 0.00591. The minimum Gasteiger partial charge on any atom is -0.497 e. The predicted molar refractivity (Wildman–Crippen MR) is 155 cm³/mol. The molecule has 0 bridgehead atoms. The highest BCUT2D eigenvalue weighted by Crippen LogP contribution is 2.27. The standard InChI is InChI=1S/C30H44N6O5/c1-30(2,3)40-29(38)36-14-5-6-24(36)20-34-15-11-21(19-34)18-31-27(37)23-12-16-35(17-13-23)28-32-26(33-41-28)22-7-9-25(39-4)10-8-22/h7-10,21,23-24H,5-6,11-20H2,1-4H3,(H,31,37)/t21?,24-/m0/s1. The van der Waals surface area contributed by atoms with Crippen LogP contribution in [0.5, 0.6) is 5.75 Å². The van der Waals surface area contributed by atoms with Crippen LogP contribution in [0.1, 0.15) is 52.9 Å². The molecule has 224 valence electrons. The number of likely N-dealkylation sites (tertiary alicyclic amines) is 2. The van der Waals surface area contributed by atoms with Gasteiger partial charge in [-0.1, -0.05) is 5.16 Å². The highest BCUT2D eigenvalue weighted by Gasteiger charge is 2.35. The lowest BCUT2D eigenvalue weighted by atomic mass is 9.96. The smallest absolute Gasteiger partial charge is 0.410 e. The summed E-state index contributed by atoms with van der Waals surface area (Å²) < 4.78 is 16.4. The van der Waals surface area contributed by atoms with Crippen LogP contribution < -0.4 is 15.0 Å². The Bertz CT molecular complexity index is 1170. The molecule has 1 aromatic carbocycles. The molecule has 3 aliphatic heterocycles. The molecule has 2 aromatic rings. The second kappa shape index (κ2) is 12.7. The van der Waals surface area contributed by atoms with Gasteiger partial charge >= 0.3 is 12.1 Å². The Labute approximate surface area is 242 Å². The normalized spacial score (nSPS) is 22.2. The first-order valence-corrected chi connectivity index (χ1v) is 14.9. The number of hydrogen-bond acceptors (Lipinski definition) is 9. The van der Waals surface area contributed by atoms with Gasteiger partial charge in [0, 0.05) is 56.8 Å². The zero-order valence-corrected chi connectivity index (χ0v) is 24.8. The third-order valence-electron chi connectivity index (χ3n) is 8.31. The van der Waals surface area contributed by atoms with Gasteiger partial charge < -0.3 is 34.0 Å². The summed E-state index contributed by atoms with van der Waals surface area (Å²) in [6, 6.07) is 8.24. The van der Waals surface area contributed by atoms with Crippen molar-refractivity contribution in [1.82, 2.24) is 25.3 Å². The maximum atomic E-state index is 13.0. The fourth-order valence-corrected chi connectivity index (χ4v) is 6.05. The molecular weight excluding hydrogens is 524 g/mol. The van der Waals surface area contributed by atoms with Crippen LogP contribution in [0.25, 0.3) is 11.4 Å². The molecule has 0 radical (unpaired) electrons. The van der Waals surface area contributed by atoms with Crippen molar-refractivity contribution in [3.05, 3.63) is 24.3 Å². The number of rotatable bonds is 8. The predicted octanol–water partition coefficient (Wildman–Crippen LogP) is 3.80. The van der Waals surface area contributed by atoms with Gasteiger partial charge in [-0.15, -0.1) is 0 Å². The zero-order chi connectivity index (χ0) is 29.0. The Morgan fingerprint density at radius 1 is 1.05 bits per heavy atom. The topological polar surface area (TPSA) is 113 Å². The summed E-state index contributed by atoms with van der Waals surface area (Å²) >= 11 is 0. The van der Waals surface area contributed by atoms with Crippen molar-refractivity contribution in [1.29, 1.82) is 0 Å². The Morgan fingerprint density at radius 2 is 1.80 bits per heavy atom. The summed E-state index contributed by atoms with van der Waals surface area (Å²) in [4.78, 5) is 36.6. The number of nitrogens with one attached hydrogen (secondary N) is 1. The van der Waals surface area contributed by atoms with Crippen molar-refractivity contribution in [3.63, 3.8) is 0 Å². The van der Waals surface area contributed by atoms with E-state index < -0.39 is 5.60 Å². The summed E-state index contributed by atoms with van der Waals surface area (Å²) in [6.07, 6.45) is 4.40. The van der Waals surface area contributed by atoms with Crippen LogP contribution in [0.2, 0.25) is 0 Å². The first kappa shape index (κ1) is 29.2. The molecule has 2 atom stereocenters. The number of aromatic nitrogens is 2. The summed E-state index contributed by atoms with van der Waals surface area (Å²) in [5, 5.41) is 7.35. The molecule has 2 amide bonds. The van der Waals surface area contributed by atoms with E-state index in [0.717, 1.165) is 69.6 Å². The van der Waals surface area contributed by atoms with Crippen molar-refractivity contribution >= 4 is 18.0 Å². The highest BCUT2D eigenvalue weighted by molar-refractivity contribution is 5.79. The number of anilines is 1. The maximum absolute atomic E-state index is 13.0. The Hall–Kier alpha value is -3.34. The van der Waals surface area contributed by atoms with Gasteiger partial charge in [-0.2, -0.15) is 4.98 Å². The van der Waals surface area contributed by atoms with E-state index in [-0.39, 0.29) is 24.0 Å². The number of nitrogens with zero attached hydrogens (tertiary/aromatic N) is 5. The zero-order valence-electron chi connectivity index (χ0n) is 24.8. The molecular formula is C30H44N6O5. The van der Waals surface area contributed by atoms with Gasteiger partial charge in [-0.05, 0) is 89.6 Å². The highest BCUT2D eigenvalue weighted by atomic mass is 16.6. The number of carbonyl (C=O) groups excluding carboxylic acids is 2. The van der Waals surface area contributed by atoms with E-state index in [1.165, 1.54) is 0 Å².